The fraction of sp³-hybridized carbons (Fsp3) is 0.700. The van der Waals surface area contributed by atoms with Gasteiger partial charge in [0, 0.05) is 18.6 Å². The van der Waals surface area contributed by atoms with Crippen molar-refractivity contribution < 1.29 is 14.2 Å². The van der Waals surface area contributed by atoms with Gasteiger partial charge in [0.15, 0.2) is 11.5 Å². The second-order valence-electron chi connectivity index (χ2n) is 7.17. The smallest absolute Gasteiger partial charge is 0.203 e. The van der Waals surface area contributed by atoms with Crippen molar-refractivity contribution in [3.05, 3.63) is 17.7 Å². The fourth-order valence-electron chi connectivity index (χ4n) is 4.45. The van der Waals surface area contributed by atoms with Crippen LogP contribution in [0.25, 0.3) is 0 Å². The lowest BCUT2D eigenvalue weighted by molar-refractivity contribution is 0.256. The van der Waals surface area contributed by atoms with E-state index in [4.69, 9.17) is 14.2 Å². The molecule has 5 nitrogen and oxygen atoms in total. The van der Waals surface area contributed by atoms with Crippen LogP contribution in [0.1, 0.15) is 44.1 Å². The van der Waals surface area contributed by atoms with Crippen LogP contribution in [0, 0.1) is 5.92 Å². The van der Waals surface area contributed by atoms with Crippen LogP contribution in [-0.2, 0) is 6.54 Å². The maximum absolute atomic E-state index is 5.46. The SMILES string of the molecule is COc1cc(CNC2CCCC2C2CCCCN2)cc(OC)c1OC. The Kier molecular flexibility index (Phi) is 6.43. The van der Waals surface area contributed by atoms with E-state index in [2.05, 4.69) is 10.6 Å². The molecule has 1 aromatic rings. The summed E-state index contributed by atoms with van der Waals surface area (Å²) in [5.74, 6) is 2.84. The number of piperidine rings is 1. The second-order valence-corrected chi connectivity index (χ2v) is 7.17. The van der Waals surface area contributed by atoms with Crippen LogP contribution in [-0.4, -0.2) is 40.0 Å². The van der Waals surface area contributed by atoms with Crippen molar-refractivity contribution in [3.63, 3.8) is 0 Å². The highest BCUT2D eigenvalue weighted by Gasteiger charge is 2.33. The second kappa shape index (κ2) is 8.77. The highest BCUT2D eigenvalue weighted by Crippen LogP contribution is 2.38. The van der Waals surface area contributed by atoms with Gasteiger partial charge >= 0.3 is 0 Å². The first-order chi connectivity index (χ1) is 12.3. The number of benzene rings is 1. The maximum atomic E-state index is 5.46. The van der Waals surface area contributed by atoms with E-state index in [9.17, 15) is 0 Å². The Hall–Kier alpha value is -1.46. The summed E-state index contributed by atoms with van der Waals surface area (Å²) in [6, 6.07) is 5.36. The van der Waals surface area contributed by atoms with Crippen LogP contribution in [0.4, 0.5) is 0 Å². The van der Waals surface area contributed by atoms with Gasteiger partial charge in [0.25, 0.3) is 0 Å². The summed E-state index contributed by atoms with van der Waals surface area (Å²) in [6.45, 7) is 2.01. The predicted octanol–water partition coefficient (Wildman–Crippen LogP) is 3.11. The molecule has 0 spiro atoms. The number of ether oxygens (including phenoxy) is 3. The molecule has 5 heteroatoms. The summed E-state index contributed by atoms with van der Waals surface area (Å²) in [7, 11) is 4.96. The number of methoxy groups -OCH3 is 3. The van der Waals surface area contributed by atoms with E-state index < -0.39 is 0 Å². The van der Waals surface area contributed by atoms with E-state index in [1.807, 2.05) is 12.1 Å². The Bertz CT molecular complexity index is 533. The monoisotopic (exact) mass is 348 g/mol. The van der Waals surface area contributed by atoms with Gasteiger partial charge in [0.2, 0.25) is 5.75 Å². The summed E-state index contributed by atoms with van der Waals surface area (Å²) in [4.78, 5) is 0. The van der Waals surface area contributed by atoms with Crippen molar-refractivity contribution in [2.75, 3.05) is 27.9 Å². The Balaban J connectivity index is 1.66. The molecule has 3 rings (SSSR count). The van der Waals surface area contributed by atoms with E-state index in [0.717, 1.165) is 29.5 Å². The average molecular weight is 348 g/mol. The van der Waals surface area contributed by atoms with E-state index in [0.29, 0.717) is 17.8 Å². The minimum absolute atomic E-state index is 0.592. The summed E-state index contributed by atoms with van der Waals surface area (Å²) < 4.78 is 16.3. The molecule has 3 unspecified atom stereocenters. The summed E-state index contributed by atoms with van der Waals surface area (Å²) in [5, 5.41) is 7.54. The maximum Gasteiger partial charge on any atom is 0.203 e. The lowest BCUT2D eigenvalue weighted by Gasteiger charge is -2.33. The minimum atomic E-state index is 0.592. The molecule has 1 aliphatic carbocycles. The summed E-state index contributed by atoms with van der Waals surface area (Å²) in [6.07, 6.45) is 7.96. The van der Waals surface area contributed by atoms with Crippen LogP contribution in [0.5, 0.6) is 17.2 Å². The lowest BCUT2D eigenvalue weighted by Crippen LogP contribution is -2.46. The van der Waals surface area contributed by atoms with E-state index in [1.54, 1.807) is 21.3 Å². The van der Waals surface area contributed by atoms with Gasteiger partial charge in [0.05, 0.1) is 21.3 Å². The first kappa shape index (κ1) is 18.3. The molecule has 1 saturated heterocycles. The van der Waals surface area contributed by atoms with Crippen LogP contribution < -0.4 is 24.8 Å². The standard InChI is InChI=1S/C20H32N2O3/c1-23-18-11-14(12-19(24-2)20(18)25-3)13-22-17-9-6-7-15(17)16-8-4-5-10-21-16/h11-12,15-17,21-22H,4-10,13H2,1-3H3. The van der Waals surface area contributed by atoms with Gasteiger partial charge in [-0.1, -0.05) is 12.8 Å². The van der Waals surface area contributed by atoms with Gasteiger partial charge in [-0.25, -0.2) is 0 Å². The Morgan fingerprint density at radius 2 is 1.72 bits per heavy atom. The minimum Gasteiger partial charge on any atom is -0.493 e. The highest BCUT2D eigenvalue weighted by molar-refractivity contribution is 5.53. The molecule has 1 saturated carbocycles. The highest BCUT2D eigenvalue weighted by atomic mass is 16.5. The van der Waals surface area contributed by atoms with Crippen molar-refractivity contribution >= 4 is 0 Å². The van der Waals surface area contributed by atoms with Gasteiger partial charge < -0.3 is 24.8 Å². The summed E-state index contributed by atoms with van der Waals surface area (Å²) >= 11 is 0. The Morgan fingerprint density at radius 1 is 0.960 bits per heavy atom. The van der Waals surface area contributed by atoms with Crippen molar-refractivity contribution in [2.45, 2.75) is 57.2 Å². The number of hydrogen-bond donors (Lipinski definition) is 2. The van der Waals surface area contributed by atoms with Crippen LogP contribution in [0.15, 0.2) is 12.1 Å². The van der Waals surface area contributed by atoms with Gasteiger partial charge in [-0.3, -0.25) is 0 Å². The van der Waals surface area contributed by atoms with Crippen LogP contribution in [0.2, 0.25) is 0 Å². The molecule has 2 fully saturated rings. The molecule has 0 radical (unpaired) electrons. The topological polar surface area (TPSA) is 51.8 Å². The lowest BCUT2D eigenvalue weighted by atomic mass is 9.88. The molecule has 0 aromatic heterocycles. The van der Waals surface area contributed by atoms with Crippen LogP contribution >= 0.6 is 0 Å². The zero-order valence-corrected chi connectivity index (χ0v) is 15.8. The quantitative estimate of drug-likeness (QED) is 0.793. The molecule has 2 N–H and O–H groups in total. The molecule has 1 aromatic carbocycles. The van der Waals surface area contributed by atoms with Crippen molar-refractivity contribution in [1.29, 1.82) is 0 Å². The normalized spacial score (nSPS) is 26.4. The molecule has 0 amide bonds. The van der Waals surface area contributed by atoms with Gasteiger partial charge in [-0.2, -0.15) is 0 Å². The molecular formula is C20H32N2O3. The largest absolute Gasteiger partial charge is 0.493 e. The molecule has 2 aliphatic rings. The number of rotatable bonds is 7. The molecule has 3 atom stereocenters. The third-order valence-electron chi connectivity index (χ3n) is 5.73. The van der Waals surface area contributed by atoms with Gasteiger partial charge in [-0.05, 0) is 55.8 Å². The average Bonchev–Trinajstić information content (AvgIpc) is 3.14. The third-order valence-corrected chi connectivity index (χ3v) is 5.73. The number of hydrogen-bond acceptors (Lipinski definition) is 5. The molecular weight excluding hydrogens is 316 g/mol. The molecule has 140 valence electrons. The summed E-state index contributed by atoms with van der Waals surface area (Å²) in [5.41, 5.74) is 1.16. The van der Waals surface area contributed by atoms with Crippen molar-refractivity contribution in [1.82, 2.24) is 10.6 Å². The predicted molar refractivity (Wildman–Crippen MR) is 99.7 cm³/mol. The molecule has 1 aliphatic heterocycles. The molecule has 1 heterocycles. The number of nitrogens with one attached hydrogen (secondary N) is 2. The zero-order chi connectivity index (χ0) is 17.6. The zero-order valence-electron chi connectivity index (χ0n) is 15.8. The van der Waals surface area contributed by atoms with E-state index in [1.165, 1.54) is 45.1 Å². The Labute approximate surface area is 151 Å². The van der Waals surface area contributed by atoms with Crippen LogP contribution in [0.3, 0.4) is 0 Å². The first-order valence-corrected chi connectivity index (χ1v) is 9.52. The molecule has 25 heavy (non-hydrogen) atoms. The Morgan fingerprint density at radius 3 is 2.32 bits per heavy atom. The van der Waals surface area contributed by atoms with Crippen molar-refractivity contribution in [2.24, 2.45) is 5.92 Å². The van der Waals surface area contributed by atoms with Gasteiger partial charge in [-0.15, -0.1) is 0 Å². The molecule has 0 bridgehead atoms. The fourth-order valence-corrected chi connectivity index (χ4v) is 4.45. The third kappa shape index (κ3) is 4.21. The first-order valence-electron chi connectivity index (χ1n) is 9.52. The van der Waals surface area contributed by atoms with Gasteiger partial charge in [0.1, 0.15) is 0 Å². The van der Waals surface area contributed by atoms with E-state index >= 15 is 0 Å². The van der Waals surface area contributed by atoms with Crippen molar-refractivity contribution in [3.8, 4) is 17.2 Å². The van der Waals surface area contributed by atoms with E-state index in [-0.39, 0.29) is 0 Å².